The lowest BCUT2D eigenvalue weighted by Gasteiger charge is -2.18. The molecule has 1 aliphatic rings. The van der Waals surface area contributed by atoms with Crippen LogP contribution in [-0.2, 0) is 0 Å². The Morgan fingerprint density at radius 3 is 2.63 bits per heavy atom. The number of allylic oxidation sites excluding steroid dienone is 1. The van der Waals surface area contributed by atoms with Crippen molar-refractivity contribution >= 4 is 23.5 Å². The van der Waals surface area contributed by atoms with Gasteiger partial charge in [-0.05, 0) is 42.0 Å². The van der Waals surface area contributed by atoms with Gasteiger partial charge < -0.3 is 18.9 Å². The highest BCUT2D eigenvalue weighted by molar-refractivity contribution is 6.32. The SMILES string of the molecule is COc1cc(/C=C/C(=O)c2ccc3c(c2)OCCO3)cc(Cl)c1OC(F)F. The van der Waals surface area contributed by atoms with E-state index in [1.807, 2.05) is 0 Å². The first-order valence-corrected chi connectivity index (χ1v) is 8.30. The lowest BCUT2D eigenvalue weighted by Crippen LogP contribution is -2.15. The third kappa shape index (κ3) is 4.49. The molecular formula is C19H15ClF2O5. The van der Waals surface area contributed by atoms with E-state index in [0.29, 0.717) is 35.8 Å². The molecule has 0 aromatic heterocycles. The van der Waals surface area contributed by atoms with Gasteiger partial charge in [0, 0.05) is 5.56 Å². The number of benzene rings is 2. The molecule has 0 bridgehead atoms. The van der Waals surface area contributed by atoms with E-state index in [-0.39, 0.29) is 22.3 Å². The fraction of sp³-hybridized carbons (Fsp3) is 0.211. The number of methoxy groups -OCH3 is 1. The third-order valence-corrected chi connectivity index (χ3v) is 3.99. The molecule has 1 aliphatic heterocycles. The molecule has 5 nitrogen and oxygen atoms in total. The monoisotopic (exact) mass is 396 g/mol. The predicted molar refractivity (Wildman–Crippen MR) is 95.4 cm³/mol. The van der Waals surface area contributed by atoms with E-state index in [1.54, 1.807) is 18.2 Å². The molecule has 2 aromatic rings. The van der Waals surface area contributed by atoms with Crippen LogP contribution in [0.3, 0.4) is 0 Å². The summed E-state index contributed by atoms with van der Waals surface area (Å²) in [4.78, 5) is 12.4. The van der Waals surface area contributed by atoms with Gasteiger partial charge in [-0.2, -0.15) is 8.78 Å². The summed E-state index contributed by atoms with van der Waals surface area (Å²) in [5.41, 5.74) is 0.913. The number of alkyl halides is 2. The molecule has 1 heterocycles. The van der Waals surface area contributed by atoms with Gasteiger partial charge in [0.05, 0.1) is 12.1 Å². The highest BCUT2D eigenvalue weighted by atomic mass is 35.5. The zero-order valence-electron chi connectivity index (χ0n) is 14.2. The number of carbonyl (C=O) groups is 1. The number of hydrogen-bond acceptors (Lipinski definition) is 5. The van der Waals surface area contributed by atoms with E-state index in [4.69, 9.17) is 25.8 Å². The van der Waals surface area contributed by atoms with Crippen molar-refractivity contribution in [3.8, 4) is 23.0 Å². The Morgan fingerprint density at radius 1 is 1.19 bits per heavy atom. The Balaban J connectivity index is 1.81. The van der Waals surface area contributed by atoms with Crippen molar-refractivity contribution in [3.05, 3.63) is 52.6 Å². The maximum absolute atomic E-state index is 12.5. The molecule has 2 aromatic carbocycles. The molecule has 0 saturated heterocycles. The van der Waals surface area contributed by atoms with Crippen LogP contribution in [0, 0.1) is 0 Å². The van der Waals surface area contributed by atoms with Crippen molar-refractivity contribution in [2.75, 3.05) is 20.3 Å². The van der Waals surface area contributed by atoms with E-state index in [1.165, 1.54) is 31.4 Å². The van der Waals surface area contributed by atoms with Gasteiger partial charge in [-0.1, -0.05) is 17.7 Å². The Hall–Kier alpha value is -2.80. The van der Waals surface area contributed by atoms with Crippen molar-refractivity contribution in [2.24, 2.45) is 0 Å². The van der Waals surface area contributed by atoms with E-state index in [9.17, 15) is 13.6 Å². The number of ketones is 1. The van der Waals surface area contributed by atoms with Crippen LogP contribution >= 0.6 is 11.6 Å². The minimum Gasteiger partial charge on any atom is -0.493 e. The van der Waals surface area contributed by atoms with Gasteiger partial charge in [0.2, 0.25) is 0 Å². The molecule has 8 heteroatoms. The minimum atomic E-state index is -3.03. The maximum Gasteiger partial charge on any atom is 0.387 e. The Labute approximate surface area is 159 Å². The Bertz CT molecular complexity index is 883. The number of carbonyl (C=O) groups excluding carboxylic acids is 1. The molecule has 142 valence electrons. The summed E-state index contributed by atoms with van der Waals surface area (Å²) in [5, 5.41) is -0.0546. The number of halogens is 3. The molecule has 0 spiro atoms. The normalized spacial score (nSPS) is 13.1. The van der Waals surface area contributed by atoms with Crippen molar-refractivity contribution in [1.29, 1.82) is 0 Å². The fourth-order valence-corrected chi connectivity index (χ4v) is 2.77. The number of fused-ring (bicyclic) bond motifs is 1. The second kappa shape index (κ2) is 8.26. The summed E-state index contributed by atoms with van der Waals surface area (Å²) in [6.45, 7) is -2.14. The van der Waals surface area contributed by atoms with Gasteiger partial charge in [0.15, 0.2) is 28.8 Å². The largest absolute Gasteiger partial charge is 0.493 e. The quantitative estimate of drug-likeness (QED) is 0.527. The zero-order chi connectivity index (χ0) is 19.4. The lowest BCUT2D eigenvalue weighted by atomic mass is 10.1. The van der Waals surface area contributed by atoms with Gasteiger partial charge in [0.1, 0.15) is 13.2 Å². The highest BCUT2D eigenvalue weighted by Gasteiger charge is 2.16. The van der Waals surface area contributed by atoms with Crippen LogP contribution in [0.15, 0.2) is 36.4 Å². The second-order valence-electron chi connectivity index (χ2n) is 5.47. The first kappa shape index (κ1) is 19.0. The summed E-state index contributed by atoms with van der Waals surface area (Å²) < 4.78 is 45.2. The average molecular weight is 397 g/mol. The first-order chi connectivity index (χ1) is 13.0. The average Bonchev–Trinajstić information content (AvgIpc) is 2.67. The molecule has 0 amide bonds. The van der Waals surface area contributed by atoms with Gasteiger partial charge in [-0.15, -0.1) is 0 Å². The van der Waals surface area contributed by atoms with Crippen LogP contribution in [0.4, 0.5) is 8.78 Å². The van der Waals surface area contributed by atoms with Crippen LogP contribution in [-0.4, -0.2) is 32.7 Å². The van der Waals surface area contributed by atoms with Crippen LogP contribution in [0.2, 0.25) is 5.02 Å². The molecule has 0 radical (unpaired) electrons. The topological polar surface area (TPSA) is 54.0 Å². The number of rotatable bonds is 6. The predicted octanol–water partition coefficient (Wildman–Crippen LogP) is 4.62. The molecule has 0 atom stereocenters. The second-order valence-corrected chi connectivity index (χ2v) is 5.88. The first-order valence-electron chi connectivity index (χ1n) is 7.92. The zero-order valence-corrected chi connectivity index (χ0v) is 15.0. The standard InChI is InChI=1S/C19H15ClF2O5/c1-24-17-9-11(8-13(20)18(17)27-19(21)22)2-4-14(23)12-3-5-15-16(10-12)26-7-6-25-15/h2-5,8-10,19H,6-7H2,1H3/b4-2+. The van der Waals surface area contributed by atoms with Crippen LogP contribution in [0.1, 0.15) is 15.9 Å². The van der Waals surface area contributed by atoms with Gasteiger partial charge >= 0.3 is 6.61 Å². The molecule has 0 saturated carbocycles. The summed E-state index contributed by atoms with van der Waals surface area (Å²) in [6.07, 6.45) is 2.84. The lowest BCUT2D eigenvalue weighted by molar-refractivity contribution is -0.0511. The highest BCUT2D eigenvalue weighted by Crippen LogP contribution is 2.38. The molecular weight excluding hydrogens is 382 g/mol. The molecule has 0 N–H and O–H groups in total. The van der Waals surface area contributed by atoms with Crippen LogP contribution < -0.4 is 18.9 Å². The van der Waals surface area contributed by atoms with E-state index in [0.717, 1.165) is 0 Å². The minimum absolute atomic E-state index is 0.0363. The Morgan fingerprint density at radius 2 is 1.93 bits per heavy atom. The molecule has 0 fully saturated rings. The van der Waals surface area contributed by atoms with Gasteiger partial charge in [0.25, 0.3) is 0 Å². The van der Waals surface area contributed by atoms with E-state index in [2.05, 4.69) is 4.74 Å². The molecule has 0 unspecified atom stereocenters. The molecule has 3 rings (SSSR count). The van der Waals surface area contributed by atoms with Crippen LogP contribution in [0.25, 0.3) is 6.08 Å². The van der Waals surface area contributed by atoms with E-state index >= 15 is 0 Å². The van der Waals surface area contributed by atoms with Crippen molar-refractivity contribution in [2.45, 2.75) is 6.61 Å². The van der Waals surface area contributed by atoms with E-state index < -0.39 is 6.61 Å². The smallest absolute Gasteiger partial charge is 0.387 e. The molecule has 0 aliphatic carbocycles. The summed E-state index contributed by atoms with van der Waals surface area (Å²) in [7, 11) is 1.30. The Kier molecular flexibility index (Phi) is 5.81. The summed E-state index contributed by atoms with van der Waals surface area (Å²) in [6, 6.07) is 7.75. The van der Waals surface area contributed by atoms with Gasteiger partial charge in [-0.3, -0.25) is 4.79 Å². The maximum atomic E-state index is 12.5. The van der Waals surface area contributed by atoms with Crippen LogP contribution in [0.5, 0.6) is 23.0 Å². The van der Waals surface area contributed by atoms with Crippen molar-refractivity contribution in [1.82, 2.24) is 0 Å². The van der Waals surface area contributed by atoms with Crippen molar-refractivity contribution < 1.29 is 32.5 Å². The summed E-state index contributed by atoms with van der Waals surface area (Å²) in [5.74, 6) is 0.611. The number of ether oxygens (including phenoxy) is 4. The third-order valence-electron chi connectivity index (χ3n) is 3.71. The fourth-order valence-electron chi connectivity index (χ4n) is 2.50. The molecule has 27 heavy (non-hydrogen) atoms. The van der Waals surface area contributed by atoms with Gasteiger partial charge in [-0.25, -0.2) is 0 Å². The van der Waals surface area contributed by atoms with Crippen molar-refractivity contribution in [3.63, 3.8) is 0 Å². The summed E-state index contributed by atoms with van der Waals surface area (Å²) >= 11 is 5.98. The number of hydrogen-bond donors (Lipinski definition) is 0.